The molecule has 0 radical (unpaired) electrons. The summed E-state index contributed by atoms with van der Waals surface area (Å²) in [5.41, 5.74) is 2.73. The number of halogens is 2. The van der Waals surface area contributed by atoms with Gasteiger partial charge in [0.25, 0.3) is 5.56 Å². The highest BCUT2D eigenvalue weighted by atomic mass is 127. The first kappa shape index (κ1) is 27.0. The summed E-state index contributed by atoms with van der Waals surface area (Å²) in [5.74, 6) is -0.0689. The zero-order chi connectivity index (χ0) is 27.1. The summed E-state index contributed by atoms with van der Waals surface area (Å²) < 4.78 is 7.92. The molecule has 37 heavy (non-hydrogen) atoms. The number of nitrogens with zero attached hydrogens (tertiary/aromatic N) is 4. The molecule has 10 heteroatoms. The molecular weight excluding hydrogens is 605 g/mol. The first-order valence-corrected chi connectivity index (χ1v) is 13.1. The summed E-state index contributed by atoms with van der Waals surface area (Å²) in [6, 6.07) is 10.6. The number of anilines is 1. The van der Waals surface area contributed by atoms with Crippen molar-refractivity contribution in [3.63, 3.8) is 0 Å². The third-order valence-electron chi connectivity index (χ3n) is 5.63. The molecule has 192 valence electrons. The Bertz CT molecular complexity index is 1560. The van der Waals surface area contributed by atoms with Gasteiger partial charge in [-0.15, -0.1) is 0 Å². The summed E-state index contributed by atoms with van der Waals surface area (Å²) in [6.45, 7) is 9.24. The molecular formula is C27H27ClIN5O3. The highest BCUT2D eigenvalue weighted by Crippen LogP contribution is 2.30. The molecule has 0 fully saturated rings. The van der Waals surface area contributed by atoms with E-state index in [1.807, 2.05) is 38.1 Å². The van der Waals surface area contributed by atoms with Crippen LogP contribution in [0.15, 0.2) is 47.4 Å². The number of carbonyl (C=O) groups is 1. The van der Waals surface area contributed by atoms with Gasteiger partial charge >= 0.3 is 5.97 Å². The van der Waals surface area contributed by atoms with E-state index in [0.29, 0.717) is 22.4 Å². The van der Waals surface area contributed by atoms with Crippen LogP contribution in [0.4, 0.5) is 5.69 Å². The Hall–Kier alpha value is -3.05. The monoisotopic (exact) mass is 631 g/mol. The van der Waals surface area contributed by atoms with Crippen LogP contribution in [0.1, 0.15) is 55.4 Å². The second-order valence-electron chi connectivity index (χ2n) is 9.82. The third kappa shape index (κ3) is 5.93. The van der Waals surface area contributed by atoms with Gasteiger partial charge in [-0.25, -0.2) is 19.7 Å². The molecule has 0 spiro atoms. The summed E-state index contributed by atoms with van der Waals surface area (Å²) in [6.07, 6.45) is 1.71. The van der Waals surface area contributed by atoms with Crippen molar-refractivity contribution in [2.75, 3.05) is 5.32 Å². The van der Waals surface area contributed by atoms with Crippen molar-refractivity contribution in [3.8, 4) is 11.4 Å². The van der Waals surface area contributed by atoms with Gasteiger partial charge in [-0.1, -0.05) is 17.7 Å². The zero-order valence-electron chi connectivity index (χ0n) is 21.4. The van der Waals surface area contributed by atoms with Crippen LogP contribution >= 0.6 is 34.2 Å². The predicted octanol–water partition coefficient (Wildman–Crippen LogP) is 6.09. The highest BCUT2D eigenvalue weighted by molar-refractivity contribution is 14.1. The van der Waals surface area contributed by atoms with Gasteiger partial charge in [0.2, 0.25) is 0 Å². The Kier molecular flexibility index (Phi) is 7.57. The minimum absolute atomic E-state index is 0.0840. The van der Waals surface area contributed by atoms with Crippen molar-refractivity contribution in [2.45, 2.75) is 46.3 Å². The fourth-order valence-corrected chi connectivity index (χ4v) is 4.46. The number of hydrogen-bond donors (Lipinski definition) is 1. The third-order valence-corrected chi connectivity index (χ3v) is 6.48. The molecule has 4 rings (SSSR count). The molecule has 1 atom stereocenters. The molecule has 4 aromatic rings. The summed E-state index contributed by atoms with van der Waals surface area (Å²) in [5, 5.41) is 4.05. The number of ether oxygens (including phenoxy) is 1. The number of rotatable bonds is 5. The minimum atomic E-state index is -0.693. The topological polar surface area (TPSA) is 99.0 Å². The lowest BCUT2D eigenvalue weighted by atomic mass is 10.0. The van der Waals surface area contributed by atoms with E-state index in [-0.39, 0.29) is 22.4 Å². The molecule has 3 heterocycles. The molecule has 0 aliphatic carbocycles. The number of fused-ring (bicyclic) bond motifs is 1. The Balaban J connectivity index is 1.82. The Morgan fingerprint density at radius 2 is 1.89 bits per heavy atom. The van der Waals surface area contributed by atoms with Crippen molar-refractivity contribution in [2.24, 2.45) is 7.05 Å². The smallest absolute Gasteiger partial charge is 0.359 e. The highest BCUT2D eigenvalue weighted by Gasteiger charge is 2.24. The fraction of sp³-hybridized carbons (Fsp3) is 0.296. The van der Waals surface area contributed by atoms with Gasteiger partial charge < -0.3 is 10.1 Å². The summed E-state index contributed by atoms with van der Waals surface area (Å²) in [4.78, 5) is 39.7. The number of esters is 1. The first-order valence-electron chi connectivity index (χ1n) is 11.6. The van der Waals surface area contributed by atoms with E-state index in [0.717, 1.165) is 20.4 Å². The van der Waals surface area contributed by atoms with Crippen molar-refractivity contribution < 1.29 is 9.53 Å². The maximum Gasteiger partial charge on any atom is 0.359 e. The number of aryl methyl sites for hydroxylation is 1. The number of carbonyl (C=O) groups excluding carboxylic acids is 1. The fourth-order valence-electron chi connectivity index (χ4n) is 3.99. The molecule has 0 saturated carbocycles. The van der Waals surface area contributed by atoms with E-state index in [1.54, 1.807) is 46.1 Å². The maximum absolute atomic E-state index is 13.4. The van der Waals surface area contributed by atoms with E-state index >= 15 is 0 Å². The van der Waals surface area contributed by atoms with Gasteiger partial charge in [0.15, 0.2) is 5.69 Å². The Labute approximate surface area is 233 Å². The van der Waals surface area contributed by atoms with Gasteiger partial charge in [-0.3, -0.25) is 9.36 Å². The number of pyridine rings is 2. The zero-order valence-corrected chi connectivity index (χ0v) is 24.3. The quantitative estimate of drug-likeness (QED) is 0.162. The molecule has 8 nitrogen and oxygen atoms in total. The van der Waals surface area contributed by atoms with E-state index in [9.17, 15) is 9.59 Å². The molecule has 1 N–H and O–H groups in total. The lowest BCUT2D eigenvalue weighted by Gasteiger charge is -2.22. The predicted molar refractivity (Wildman–Crippen MR) is 154 cm³/mol. The number of aromatic nitrogens is 4. The molecule has 3 aromatic heterocycles. The minimum Gasteiger partial charge on any atom is -0.455 e. The van der Waals surface area contributed by atoms with E-state index < -0.39 is 11.6 Å². The van der Waals surface area contributed by atoms with Crippen molar-refractivity contribution in [1.29, 1.82) is 0 Å². The molecule has 0 amide bonds. The summed E-state index contributed by atoms with van der Waals surface area (Å²) >= 11 is 8.24. The van der Waals surface area contributed by atoms with Crippen LogP contribution in [0, 0.1) is 10.6 Å². The van der Waals surface area contributed by atoms with Crippen LogP contribution < -0.4 is 10.9 Å². The average molecular weight is 632 g/mol. The largest absolute Gasteiger partial charge is 0.455 e. The molecule has 0 saturated heterocycles. The Morgan fingerprint density at radius 3 is 2.54 bits per heavy atom. The van der Waals surface area contributed by atoms with Crippen LogP contribution in [-0.2, 0) is 11.8 Å². The van der Waals surface area contributed by atoms with Crippen LogP contribution in [0.3, 0.4) is 0 Å². The van der Waals surface area contributed by atoms with Gasteiger partial charge in [0.05, 0.1) is 22.6 Å². The summed E-state index contributed by atoms with van der Waals surface area (Å²) in [7, 11) is 1.71. The van der Waals surface area contributed by atoms with Gasteiger partial charge in [-0.2, -0.15) is 0 Å². The Morgan fingerprint density at radius 1 is 1.16 bits per heavy atom. The van der Waals surface area contributed by atoms with Gasteiger partial charge in [-0.05, 0) is 93.1 Å². The van der Waals surface area contributed by atoms with Crippen LogP contribution in [-0.4, -0.2) is 31.1 Å². The van der Waals surface area contributed by atoms with Gasteiger partial charge in [0, 0.05) is 24.4 Å². The van der Waals surface area contributed by atoms with E-state index in [2.05, 4.69) is 37.9 Å². The number of hydrogen-bond acceptors (Lipinski definition) is 7. The standard InChI is InChI=1S/C27H27ClIN5O3/c1-14-11-17(15(2)31-19-8-9-20(28)32-23(19)26(36)37-27(3,4)5)22-18(12-14)25(35)34(6)24(33-22)16-7-10-21(29)30-13-16/h7-13,15,31H,1-6H3/t15-/m1/s1. The lowest BCUT2D eigenvalue weighted by molar-refractivity contribution is 0.00640. The number of benzene rings is 1. The van der Waals surface area contributed by atoms with E-state index in [4.69, 9.17) is 21.3 Å². The normalized spacial score (nSPS) is 12.4. The van der Waals surface area contributed by atoms with Crippen molar-refractivity contribution in [3.05, 3.63) is 78.6 Å². The van der Waals surface area contributed by atoms with Crippen molar-refractivity contribution >= 4 is 56.8 Å². The molecule has 1 aromatic carbocycles. The average Bonchev–Trinajstić information content (AvgIpc) is 2.82. The molecule has 0 bridgehead atoms. The SMILES string of the molecule is Cc1cc([C@@H](C)Nc2ccc(Cl)nc2C(=O)OC(C)(C)C)c2nc(-c3ccc(I)nc3)n(C)c(=O)c2c1. The second-order valence-corrected chi connectivity index (χ2v) is 11.3. The van der Waals surface area contributed by atoms with E-state index in [1.165, 1.54) is 4.57 Å². The first-order chi connectivity index (χ1) is 17.3. The molecule has 0 unspecified atom stereocenters. The lowest BCUT2D eigenvalue weighted by Crippen LogP contribution is -2.25. The van der Waals surface area contributed by atoms with Crippen LogP contribution in [0.25, 0.3) is 22.3 Å². The van der Waals surface area contributed by atoms with Crippen LogP contribution in [0.2, 0.25) is 5.15 Å². The number of nitrogens with one attached hydrogen (secondary N) is 1. The van der Waals surface area contributed by atoms with Crippen molar-refractivity contribution in [1.82, 2.24) is 19.5 Å². The van der Waals surface area contributed by atoms with Crippen LogP contribution in [0.5, 0.6) is 0 Å². The van der Waals surface area contributed by atoms with Gasteiger partial charge in [0.1, 0.15) is 20.3 Å². The molecule has 0 aliphatic rings. The molecule has 0 aliphatic heterocycles. The maximum atomic E-state index is 13.4. The second kappa shape index (κ2) is 10.4.